The van der Waals surface area contributed by atoms with Gasteiger partial charge in [-0.1, -0.05) is 19.9 Å². The third-order valence-electron chi connectivity index (χ3n) is 4.78. The van der Waals surface area contributed by atoms with E-state index in [0.29, 0.717) is 30.8 Å². The Morgan fingerprint density at radius 3 is 2.72 bits per heavy atom. The molecule has 0 fully saturated rings. The molecule has 6 heteroatoms. The van der Waals surface area contributed by atoms with Crippen LogP contribution in [0.25, 0.3) is 0 Å². The van der Waals surface area contributed by atoms with Gasteiger partial charge in [0.2, 0.25) is 0 Å². The van der Waals surface area contributed by atoms with Crippen LogP contribution in [-0.4, -0.2) is 35.5 Å². The highest BCUT2D eigenvalue weighted by molar-refractivity contribution is 6.01. The second kappa shape index (κ2) is 6.10. The maximum atomic E-state index is 12.8. The number of amides is 2. The number of aromatic hydroxyl groups is 1. The van der Waals surface area contributed by atoms with Crippen molar-refractivity contribution < 1.29 is 19.4 Å². The molecule has 0 saturated heterocycles. The van der Waals surface area contributed by atoms with Crippen LogP contribution >= 0.6 is 0 Å². The minimum atomic E-state index is -0.526. The number of carbonyl (C=O) groups excluding carboxylic acids is 2. The van der Waals surface area contributed by atoms with Crippen molar-refractivity contribution in [3.8, 4) is 11.5 Å². The third-order valence-corrected chi connectivity index (χ3v) is 4.78. The summed E-state index contributed by atoms with van der Waals surface area (Å²) in [6, 6.07) is 4.17. The number of allylic oxidation sites excluding steroid dienone is 1. The van der Waals surface area contributed by atoms with Crippen molar-refractivity contribution in [3.63, 3.8) is 0 Å². The van der Waals surface area contributed by atoms with Crippen LogP contribution in [0.15, 0.2) is 29.5 Å². The minimum Gasteiger partial charge on any atom is -0.504 e. The fourth-order valence-corrected chi connectivity index (χ4v) is 3.58. The minimum absolute atomic E-state index is 0.0372. The van der Waals surface area contributed by atoms with Crippen LogP contribution < -0.4 is 10.1 Å². The summed E-state index contributed by atoms with van der Waals surface area (Å²) >= 11 is 0. The molecule has 25 heavy (non-hydrogen) atoms. The lowest BCUT2D eigenvalue weighted by Crippen LogP contribution is -2.49. The van der Waals surface area contributed by atoms with E-state index in [1.807, 2.05) is 20.8 Å². The van der Waals surface area contributed by atoms with Crippen LogP contribution in [-0.2, 0) is 4.79 Å². The number of carbonyl (C=O) groups is 2. The van der Waals surface area contributed by atoms with Gasteiger partial charge in [0.05, 0.1) is 12.6 Å². The van der Waals surface area contributed by atoms with E-state index in [0.717, 1.165) is 11.3 Å². The van der Waals surface area contributed by atoms with Crippen molar-refractivity contribution >= 4 is 11.8 Å². The van der Waals surface area contributed by atoms with Crippen LogP contribution in [0, 0.1) is 5.41 Å². The number of Topliss-reactive ketones (excluding diaryl/α,β-unsaturated/α-hetero) is 1. The predicted molar refractivity (Wildman–Crippen MR) is 93.4 cm³/mol. The van der Waals surface area contributed by atoms with Gasteiger partial charge in [-0.15, -0.1) is 0 Å². The molecule has 2 amide bonds. The Labute approximate surface area is 147 Å². The first-order valence-electron chi connectivity index (χ1n) is 8.49. The number of ketones is 1. The lowest BCUT2D eigenvalue weighted by atomic mass is 9.72. The van der Waals surface area contributed by atoms with Crippen molar-refractivity contribution in [2.24, 2.45) is 5.41 Å². The fourth-order valence-electron chi connectivity index (χ4n) is 3.58. The number of benzene rings is 1. The van der Waals surface area contributed by atoms with E-state index in [-0.39, 0.29) is 23.0 Å². The van der Waals surface area contributed by atoms with Gasteiger partial charge in [-0.3, -0.25) is 4.79 Å². The standard InChI is InChI=1S/C19H24N2O4/c1-5-25-15-8-11(6-7-13(15)22)17-16-12(21(4)18(24)20-17)9-19(2,3)10-14(16)23/h6-8,17,22H,5,9-10H2,1-4H3,(H,20,24). The van der Waals surface area contributed by atoms with Crippen LogP contribution in [0.1, 0.15) is 45.2 Å². The van der Waals surface area contributed by atoms with Crippen molar-refractivity contribution in [2.75, 3.05) is 13.7 Å². The van der Waals surface area contributed by atoms with Gasteiger partial charge >= 0.3 is 6.03 Å². The first-order valence-corrected chi connectivity index (χ1v) is 8.49. The van der Waals surface area contributed by atoms with Crippen LogP contribution in [0.5, 0.6) is 11.5 Å². The number of ether oxygens (including phenoxy) is 1. The van der Waals surface area contributed by atoms with Gasteiger partial charge in [0.25, 0.3) is 0 Å². The maximum absolute atomic E-state index is 12.8. The predicted octanol–water partition coefficient (Wildman–Crippen LogP) is 3.13. The van der Waals surface area contributed by atoms with E-state index in [2.05, 4.69) is 5.32 Å². The highest BCUT2D eigenvalue weighted by Gasteiger charge is 2.42. The number of nitrogens with zero attached hydrogens (tertiary/aromatic N) is 1. The van der Waals surface area contributed by atoms with Crippen LogP contribution in [0.2, 0.25) is 0 Å². The SMILES string of the molecule is CCOc1cc(C2NC(=O)N(C)C3=C2C(=O)CC(C)(C)C3)ccc1O. The van der Waals surface area contributed by atoms with E-state index in [1.165, 1.54) is 11.0 Å². The summed E-state index contributed by atoms with van der Waals surface area (Å²) in [7, 11) is 1.69. The molecule has 3 rings (SSSR count). The molecule has 1 aromatic rings. The van der Waals surface area contributed by atoms with Gasteiger partial charge < -0.3 is 20.1 Å². The lowest BCUT2D eigenvalue weighted by molar-refractivity contribution is -0.118. The van der Waals surface area contributed by atoms with Crippen LogP contribution in [0.3, 0.4) is 0 Å². The zero-order chi connectivity index (χ0) is 18.4. The smallest absolute Gasteiger partial charge is 0.322 e. The molecule has 0 saturated carbocycles. The van der Waals surface area contributed by atoms with E-state index in [1.54, 1.807) is 19.2 Å². The molecule has 1 heterocycles. The Kier molecular flexibility index (Phi) is 4.22. The third kappa shape index (κ3) is 3.08. The molecule has 1 atom stereocenters. The molecule has 1 aromatic carbocycles. The van der Waals surface area contributed by atoms with E-state index >= 15 is 0 Å². The van der Waals surface area contributed by atoms with Crippen molar-refractivity contribution in [3.05, 3.63) is 35.0 Å². The summed E-state index contributed by atoms with van der Waals surface area (Å²) in [6.45, 7) is 6.32. The molecule has 1 unspecified atom stereocenters. The Hall–Kier alpha value is -2.50. The maximum Gasteiger partial charge on any atom is 0.322 e. The van der Waals surface area contributed by atoms with Gasteiger partial charge in [-0.25, -0.2) is 4.79 Å². The van der Waals surface area contributed by atoms with Gasteiger partial charge in [-0.05, 0) is 36.5 Å². The summed E-state index contributed by atoms with van der Waals surface area (Å²) in [4.78, 5) is 26.8. The quantitative estimate of drug-likeness (QED) is 0.883. The average Bonchev–Trinajstić information content (AvgIpc) is 2.52. The summed E-state index contributed by atoms with van der Waals surface area (Å²) in [5.41, 5.74) is 1.97. The number of phenolic OH excluding ortho intramolecular Hbond substituents is 1. The molecule has 1 aliphatic heterocycles. The molecular weight excluding hydrogens is 320 g/mol. The summed E-state index contributed by atoms with van der Waals surface area (Å²) in [6.07, 6.45) is 1.12. The second-order valence-corrected chi connectivity index (χ2v) is 7.40. The number of rotatable bonds is 3. The second-order valence-electron chi connectivity index (χ2n) is 7.40. The average molecular weight is 344 g/mol. The molecule has 2 N–H and O–H groups in total. The largest absolute Gasteiger partial charge is 0.504 e. The molecule has 0 aromatic heterocycles. The summed E-state index contributed by atoms with van der Waals surface area (Å²) < 4.78 is 5.44. The zero-order valence-electron chi connectivity index (χ0n) is 15.0. The number of phenols is 1. The van der Waals surface area contributed by atoms with Crippen LogP contribution in [0.4, 0.5) is 4.79 Å². The Bertz CT molecular complexity index is 767. The van der Waals surface area contributed by atoms with Gasteiger partial charge in [0, 0.05) is 24.7 Å². The zero-order valence-corrected chi connectivity index (χ0v) is 15.0. The Balaban J connectivity index is 2.10. The normalized spacial score (nSPS) is 22.6. The van der Waals surface area contributed by atoms with Crippen molar-refractivity contribution in [2.45, 2.75) is 39.7 Å². The van der Waals surface area contributed by atoms with Gasteiger partial charge in [-0.2, -0.15) is 0 Å². The number of nitrogens with one attached hydrogen (secondary N) is 1. The molecule has 6 nitrogen and oxygen atoms in total. The van der Waals surface area contributed by atoms with Gasteiger partial charge in [0.15, 0.2) is 17.3 Å². The molecule has 2 aliphatic rings. The number of urea groups is 1. The summed E-state index contributed by atoms with van der Waals surface area (Å²) in [5.74, 6) is 0.434. The lowest BCUT2D eigenvalue weighted by Gasteiger charge is -2.42. The number of hydrogen-bond donors (Lipinski definition) is 2. The Morgan fingerprint density at radius 2 is 2.04 bits per heavy atom. The van der Waals surface area contributed by atoms with Crippen molar-refractivity contribution in [1.29, 1.82) is 0 Å². The van der Waals surface area contributed by atoms with E-state index < -0.39 is 6.04 Å². The monoisotopic (exact) mass is 344 g/mol. The van der Waals surface area contributed by atoms with E-state index in [9.17, 15) is 14.7 Å². The summed E-state index contributed by atoms with van der Waals surface area (Å²) in [5, 5.41) is 12.8. The molecule has 134 valence electrons. The number of hydrogen-bond acceptors (Lipinski definition) is 4. The topological polar surface area (TPSA) is 78.9 Å². The molecule has 0 spiro atoms. The Morgan fingerprint density at radius 1 is 1.32 bits per heavy atom. The first-order chi connectivity index (χ1) is 11.7. The highest BCUT2D eigenvalue weighted by atomic mass is 16.5. The molecule has 0 bridgehead atoms. The highest BCUT2D eigenvalue weighted by Crippen LogP contribution is 2.44. The molecular formula is C19H24N2O4. The van der Waals surface area contributed by atoms with Crippen molar-refractivity contribution in [1.82, 2.24) is 10.2 Å². The molecule has 1 aliphatic carbocycles. The first kappa shape index (κ1) is 17.3. The van der Waals surface area contributed by atoms with Gasteiger partial charge in [0.1, 0.15) is 0 Å². The van der Waals surface area contributed by atoms with E-state index in [4.69, 9.17) is 4.74 Å². The molecule has 0 radical (unpaired) electrons. The fraction of sp³-hybridized carbons (Fsp3) is 0.474.